The molecule has 2 rings (SSSR count). The van der Waals surface area contributed by atoms with E-state index in [0.717, 1.165) is 11.3 Å². The number of halogens is 1. The smallest absolute Gasteiger partial charge is 0.291 e. The largest absolute Gasteiger partial charge is 0.459 e. The number of amides is 1. The van der Waals surface area contributed by atoms with Crippen LogP contribution in [-0.4, -0.2) is 29.5 Å². The van der Waals surface area contributed by atoms with Crippen LogP contribution < -0.4 is 10.6 Å². The zero-order chi connectivity index (χ0) is 15.2. The summed E-state index contributed by atoms with van der Waals surface area (Å²) in [6.07, 6.45) is 0.834. The predicted octanol–water partition coefficient (Wildman–Crippen LogP) is 2.85. The fourth-order valence-electron chi connectivity index (χ4n) is 1.84. The number of aliphatic hydroxyl groups excluding tert-OH is 1. The minimum atomic E-state index is -0.618. The SMILES string of the molecule is Cc1c(NCC(O)CCl)cccc1NC(=O)c1ccco1. The van der Waals surface area contributed by atoms with Crippen molar-refractivity contribution in [2.45, 2.75) is 13.0 Å². The van der Waals surface area contributed by atoms with Crippen molar-refractivity contribution < 1.29 is 14.3 Å². The van der Waals surface area contributed by atoms with Crippen LogP contribution in [0.3, 0.4) is 0 Å². The van der Waals surface area contributed by atoms with Gasteiger partial charge in [0.1, 0.15) is 0 Å². The van der Waals surface area contributed by atoms with Crippen LogP contribution in [0.25, 0.3) is 0 Å². The summed E-state index contributed by atoms with van der Waals surface area (Å²) in [5.41, 5.74) is 2.39. The monoisotopic (exact) mass is 308 g/mol. The number of benzene rings is 1. The van der Waals surface area contributed by atoms with Crippen molar-refractivity contribution in [3.63, 3.8) is 0 Å². The van der Waals surface area contributed by atoms with Crippen LogP contribution in [0, 0.1) is 6.92 Å². The summed E-state index contributed by atoms with van der Waals surface area (Å²) in [6.45, 7) is 2.23. The fraction of sp³-hybridized carbons (Fsp3) is 0.267. The number of hydrogen-bond acceptors (Lipinski definition) is 4. The average molecular weight is 309 g/mol. The molecular weight excluding hydrogens is 292 g/mol. The molecule has 1 amide bonds. The Balaban J connectivity index is 2.08. The first-order valence-corrected chi connectivity index (χ1v) is 7.07. The summed E-state index contributed by atoms with van der Waals surface area (Å²) in [4.78, 5) is 12.0. The molecule has 1 atom stereocenters. The Morgan fingerprint density at radius 2 is 2.10 bits per heavy atom. The van der Waals surface area contributed by atoms with Crippen molar-refractivity contribution >= 4 is 28.9 Å². The van der Waals surface area contributed by atoms with E-state index in [1.54, 1.807) is 18.2 Å². The van der Waals surface area contributed by atoms with Crippen LogP contribution in [0.4, 0.5) is 11.4 Å². The van der Waals surface area contributed by atoms with Gasteiger partial charge in [-0.25, -0.2) is 0 Å². The first-order valence-electron chi connectivity index (χ1n) is 6.54. The molecule has 0 aliphatic carbocycles. The van der Waals surface area contributed by atoms with Crippen molar-refractivity contribution in [1.29, 1.82) is 0 Å². The quantitative estimate of drug-likeness (QED) is 0.717. The van der Waals surface area contributed by atoms with E-state index in [4.69, 9.17) is 16.0 Å². The zero-order valence-electron chi connectivity index (χ0n) is 11.6. The van der Waals surface area contributed by atoms with E-state index in [9.17, 15) is 9.90 Å². The van der Waals surface area contributed by atoms with Crippen LogP contribution in [0.15, 0.2) is 41.0 Å². The van der Waals surface area contributed by atoms with Crippen molar-refractivity contribution in [3.8, 4) is 0 Å². The molecule has 0 bridgehead atoms. The average Bonchev–Trinajstić information content (AvgIpc) is 3.02. The maximum Gasteiger partial charge on any atom is 0.291 e. The van der Waals surface area contributed by atoms with Crippen molar-refractivity contribution in [1.82, 2.24) is 0 Å². The highest BCUT2D eigenvalue weighted by Crippen LogP contribution is 2.24. The lowest BCUT2D eigenvalue weighted by Crippen LogP contribution is -2.21. The van der Waals surface area contributed by atoms with Crippen LogP contribution in [0.1, 0.15) is 16.1 Å². The lowest BCUT2D eigenvalue weighted by molar-refractivity contribution is 0.0996. The summed E-state index contributed by atoms with van der Waals surface area (Å²) in [5.74, 6) is 0.118. The Labute approximate surface area is 127 Å². The number of furan rings is 1. The zero-order valence-corrected chi connectivity index (χ0v) is 12.4. The molecule has 1 aromatic carbocycles. The number of hydrogen-bond donors (Lipinski definition) is 3. The van der Waals surface area contributed by atoms with Gasteiger partial charge in [0.15, 0.2) is 5.76 Å². The van der Waals surface area contributed by atoms with E-state index in [-0.39, 0.29) is 17.5 Å². The number of alkyl halides is 1. The number of rotatable bonds is 6. The minimum Gasteiger partial charge on any atom is -0.459 e. The third-order valence-corrected chi connectivity index (χ3v) is 3.39. The minimum absolute atomic E-state index is 0.168. The maximum absolute atomic E-state index is 12.0. The Hall–Kier alpha value is -1.98. The van der Waals surface area contributed by atoms with Gasteiger partial charge in [-0.2, -0.15) is 0 Å². The fourth-order valence-corrected chi connectivity index (χ4v) is 1.95. The molecule has 0 saturated heterocycles. The van der Waals surface area contributed by atoms with Gasteiger partial charge in [-0.3, -0.25) is 4.79 Å². The third kappa shape index (κ3) is 4.00. The first kappa shape index (κ1) is 15.4. The highest BCUT2D eigenvalue weighted by molar-refractivity contribution is 6.18. The summed E-state index contributed by atoms with van der Waals surface area (Å²) in [6, 6.07) is 8.76. The molecular formula is C15H17ClN2O3. The van der Waals surface area contributed by atoms with E-state index >= 15 is 0 Å². The van der Waals surface area contributed by atoms with Gasteiger partial charge in [-0.05, 0) is 36.8 Å². The van der Waals surface area contributed by atoms with Gasteiger partial charge in [0.25, 0.3) is 5.91 Å². The lowest BCUT2D eigenvalue weighted by Gasteiger charge is -2.15. The molecule has 6 heteroatoms. The van der Waals surface area contributed by atoms with Crippen molar-refractivity contribution in [2.24, 2.45) is 0 Å². The van der Waals surface area contributed by atoms with E-state index in [2.05, 4.69) is 10.6 Å². The van der Waals surface area contributed by atoms with E-state index in [0.29, 0.717) is 12.2 Å². The first-order chi connectivity index (χ1) is 10.1. The summed E-state index contributed by atoms with van der Waals surface area (Å²) in [7, 11) is 0. The number of carbonyl (C=O) groups is 1. The van der Waals surface area contributed by atoms with Gasteiger partial charge >= 0.3 is 0 Å². The standard InChI is InChI=1S/C15H17ClN2O3/c1-10-12(17-9-11(19)8-16)4-2-5-13(10)18-15(20)14-6-3-7-21-14/h2-7,11,17,19H,8-9H2,1H3,(H,18,20). The van der Waals surface area contributed by atoms with Crippen molar-refractivity contribution in [3.05, 3.63) is 47.9 Å². The van der Waals surface area contributed by atoms with Crippen LogP contribution >= 0.6 is 11.6 Å². The molecule has 112 valence electrons. The van der Waals surface area contributed by atoms with Crippen LogP contribution in [0.2, 0.25) is 0 Å². The van der Waals surface area contributed by atoms with Gasteiger partial charge in [0, 0.05) is 17.9 Å². The third-order valence-electron chi connectivity index (χ3n) is 3.03. The van der Waals surface area contributed by atoms with E-state index < -0.39 is 6.10 Å². The number of anilines is 2. The van der Waals surface area contributed by atoms with Gasteiger partial charge in [0.2, 0.25) is 0 Å². The lowest BCUT2D eigenvalue weighted by atomic mass is 10.1. The summed E-state index contributed by atoms with van der Waals surface area (Å²) < 4.78 is 5.06. The van der Waals surface area contributed by atoms with Gasteiger partial charge in [-0.1, -0.05) is 6.07 Å². The number of nitrogens with one attached hydrogen (secondary N) is 2. The molecule has 21 heavy (non-hydrogen) atoms. The van der Waals surface area contributed by atoms with Gasteiger partial charge in [0.05, 0.1) is 18.2 Å². The molecule has 2 aromatic rings. The highest BCUT2D eigenvalue weighted by Gasteiger charge is 2.12. The van der Waals surface area contributed by atoms with Crippen LogP contribution in [0.5, 0.6) is 0 Å². The normalized spacial score (nSPS) is 12.0. The number of carbonyl (C=O) groups excluding carboxylic acids is 1. The molecule has 1 unspecified atom stereocenters. The second kappa shape index (κ2) is 7.15. The molecule has 0 aliphatic heterocycles. The molecule has 0 fully saturated rings. The Kier molecular flexibility index (Phi) is 5.25. The Morgan fingerprint density at radius 1 is 1.33 bits per heavy atom. The molecule has 1 aromatic heterocycles. The van der Waals surface area contributed by atoms with Gasteiger partial charge < -0.3 is 20.2 Å². The number of aliphatic hydroxyl groups is 1. The van der Waals surface area contributed by atoms with Crippen LogP contribution in [-0.2, 0) is 0 Å². The molecule has 3 N–H and O–H groups in total. The molecule has 0 saturated carbocycles. The van der Waals surface area contributed by atoms with E-state index in [1.165, 1.54) is 6.26 Å². The highest BCUT2D eigenvalue weighted by atomic mass is 35.5. The van der Waals surface area contributed by atoms with E-state index in [1.807, 2.05) is 19.1 Å². The molecule has 0 spiro atoms. The molecule has 1 heterocycles. The maximum atomic E-state index is 12.0. The molecule has 0 aliphatic rings. The molecule has 5 nitrogen and oxygen atoms in total. The topological polar surface area (TPSA) is 74.5 Å². The predicted molar refractivity (Wildman–Crippen MR) is 83.1 cm³/mol. The Bertz CT molecular complexity index is 599. The molecule has 0 radical (unpaired) electrons. The second-order valence-electron chi connectivity index (χ2n) is 4.60. The van der Waals surface area contributed by atoms with Gasteiger partial charge in [-0.15, -0.1) is 11.6 Å². The second-order valence-corrected chi connectivity index (χ2v) is 4.91. The summed E-state index contributed by atoms with van der Waals surface area (Å²) in [5, 5.41) is 15.4. The van der Waals surface area contributed by atoms with Crippen molar-refractivity contribution in [2.75, 3.05) is 23.1 Å². The summed E-state index contributed by atoms with van der Waals surface area (Å²) >= 11 is 5.56. The Morgan fingerprint density at radius 3 is 2.76 bits per heavy atom.